The van der Waals surface area contributed by atoms with Crippen LogP contribution in [0.15, 0.2) is 75.2 Å². The highest BCUT2D eigenvalue weighted by Crippen LogP contribution is 2.33. The minimum absolute atomic E-state index is 0.172. The van der Waals surface area contributed by atoms with Gasteiger partial charge in [-0.3, -0.25) is 4.79 Å². The molecule has 0 bridgehead atoms. The number of pyridine rings is 1. The number of oxime groups is 1. The molecule has 0 fully saturated rings. The standard InChI is InChI=1S/C21H17BrClFN2O2/c1-26-12-14(4-9-21(26)27)20(25-28)11-18(13-2-5-15(22)6-3-13)17-8-7-16(23)10-19(17)24/h2-10,12,18,28H,11H2,1H3. The number of hydrogen-bond donors (Lipinski definition) is 1. The number of rotatable bonds is 5. The maximum Gasteiger partial charge on any atom is 0.250 e. The van der Waals surface area contributed by atoms with Gasteiger partial charge in [-0.25, -0.2) is 4.39 Å². The van der Waals surface area contributed by atoms with Crippen molar-refractivity contribution in [1.29, 1.82) is 0 Å². The second-order valence-electron chi connectivity index (χ2n) is 6.39. The number of hydrogen-bond acceptors (Lipinski definition) is 3. The predicted octanol–water partition coefficient (Wildman–Crippen LogP) is 5.34. The average molecular weight is 464 g/mol. The van der Waals surface area contributed by atoms with E-state index in [0.717, 1.165) is 10.0 Å². The minimum atomic E-state index is -0.432. The van der Waals surface area contributed by atoms with Crippen molar-refractivity contribution in [3.63, 3.8) is 0 Å². The molecule has 28 heavy (non-hydrogen) atoms. The van der Waals surface area contributed by atoms with Crippen LogP contribution in [-0.4, -0.2) is 15.5 Å². The van der Waals surface area contributed by atoms with Gasteiger partial charge in [0.05, 0.1) is 5.71 Å². The van der Waals surface area contributed by atoms with Crippen LogP contribution < -0.4 is 5.56 Å². The van der Waals surface area contributed by atoms with Crippen LogP contribution in [0.4, 0.5) is 4.39 Å². The second-order valence-corrected chi connectivity index (χ2v) is 7.74. The molecule has 3 aromatic rings. The van der Waals surface area contributed by atoms with Crippen molar-refractivity contribution in [3.8, 4) is 0 Å². The lowest BCUT2D eigenvalue weighted by Crippen LogP contribution is -2.18. The van der Waals surface area contributed by atoms with E-state index in [0.29, 0.717) is 21.9 Å². The lowest BCUT2D eigenvalue weighted by atomic mass is 9.85. The molecule has 1 N–H and O–H groups in total. The third-order valence-electron chi connectivity index (χ3n) is 4.55. The average Bonchev–Trinajstić information content (AvgIpc) is 2.67. The summed E-state index contributed by atoms with van der Waals surface area (Å²) in [6.45, 7) is 0. The summed E-state index contributed by atoms with van der Waals surface area (Å²) in [6, 6.07) is 15.1. The van der Waals surface area contributed by atoms with Crippen molar-refractivity contribution < 1.29 is 9.60 Å². The summed E-state index contributed by atoms with van der Waals surface area (Å²) in [7, 11) is 1.62. The van der Waals surface area contributed by atoms with E-state index in [9.17, 15) is 14.4 Å². The van der Waals surface area contributed by atoms with Crippen LogP contribution in [0.1, 0.15) is 29.0 Å². The number of benzene rings is 2. The van der Waals surface area contributed by atoms with Crippen molar-refractivity contribution in [2.24, 2.45) is 12.2 Å². The first-order valence-corrected chi connectivity index (χ1v) is 9.64. The predicted molar refractivity (Wildman–Crippen MR) is 112 cm³/mol. The molecule has 3 rings (SSSR count). The van der Waals surface area contributed by atoms with Crippen molar-refractivity contribution in [2.75, 3.05) is 0 Å². The minimum Gasteiger partial charge on any atom is -0.411 e. The third-order valence-corrected chi connectivity index (χ3v) is 5.31. The third kappa shape index (κ3) is 4.51. The van der Waals surface area contributed by atoms with Gasteiger partial charge in [-0.1, -0.05) is 50.9 Å². The van der Waals surface area contributed by atoms with Crippen LogP contribution in [0, 0.1) is 5.82 Å². The van der Waals surface area contributed by atoms with Gasteiger partial charge in [-0.2, -0.15) is 0 Å². The first-order valence-electron chi connectivity index (χ1n) is 8.47. The zero-order valence-electron chi connectivity index (χ0n) is 14.9. The molecule has 1 aromatic heterocycles. The number of nitrogens with zero attached hydrogens (tertiary/aromatic N) is 2. The van der Waals surface area contributed by atoms with E-state index in [1.807, 2.05) is 24.3 Å². The molecule has 7 heteroatoms. The van der Waals surface area contributed by atoms with E-state index in [1.165, 1.54) is 16.7 Å². The van der Waals surface area contributed by atoms with Crippen LogP contribution >= 0.6 is 27.5 Å². The molecule has 0 amide bonds. The highest BCUT2D eigenvalue weighted by molar-refractivity contribution is 9.10. The van der Waals surface area contributed by atoms with E-state index >= 15 is 0 Å². The maximum absolute atomic E-state index is 14.7. The van der Waals surface area contributed by atoms with Crippen molar-refractivity contribution >= 4 is 33.2 Å². The Morgan fingerprint density at radius 1 is 1.21 bits per heavy atom. The molecule has 0 aliphatic rings. The molecule has 0 aliphatic carbocycles. The molecule has 1 atom stereocenters. The summed E-state index contributed by atoms with van der Waals surface area (Å²) < 4.78 is 17.0. The zero-order chi connectivity index (χ0) is 20.3. The van der Waals surface area contributed by atoms with E-state index in [-0.39, 0.29) is 12.0 Å². The number of aryl methyl sites for hydroxylation is 1. The molecule has 1 unspecified atom stereocenters. The number of halogens is 3. The van der Waals surface area contributed by atoms with Gasteiger partial charge in [-0.05, 0) is 41.5 Å². The summed E-state index contributed by atoms with van der Waals surface area (Å²) in [6.07, 6.45) is 1.82. The fourth-order valence-electron chi connectivity index (χ4n) is 3.06. The monoisotopic (exact) mass is 462 g/mol. The van der Waals surface area contributed by atoms with E-state index in [4.69, 9.17) is 11.6 Å². The highest BCUT2D eigenvalue weighted by Gasteiger charge is 2.22. The Kier molecular flexibility index (Phi) is 6.31. The van der Waals surface area contributed by atoms with Gasteiger partial charge in [0.2, 0.25) is 5.56 Å². The molecule has 1 heterocycles. The Morgan fingerprint density at radius 2 is 1.93 bits per heavy atom. The van der Waals surface area contributed by atoms with E-state index in [2.05, 4.69) is 21.1 Å². The van der Waals surface area contributed by atoms with Crippen molar-refractivity contribution in [1.82, 2.24) is 4.57 Å². The molecule has 0 saturated heterocycles. The summed E-state index contributed by atoms with van der Waals surface area (Å²) >= 11 is 9.31. The normalized spacial score (nSPS) is 12.8. The zero-order valence-corrected chi connectivity index (χ0v) is 17.3. The van der Waals surface area contributed by atoms with Crippen LogP contribution in [0.25, 0.3) is 0 Å². The Hall–Kier alpha value is -2.44. The first kappa shape index (κ1) is 20.3. The van der Waals surface area contributed by atoms with Crippen molar-refractivity contribution in [2.45, 2.75) is 12.3 Å². The Balaban J connectivity index is 2.06. The largest absolute Gasteiger partial charge is 0.411 e. The molecule has 0 aliphatic heterocycles. The van der Waals surface area contributed by atoms with E-state index < -0.39 is 11.7 Å². The summed E-state index contributed by atoms with van der Waals surface area (Å²) in [5.74, 6) is -0.841. The lowest BCUT2D eigenvalue weighted by Gasteiger charge is -2.20. The number of aromatic nitrogens is 1. The molecular weight excluding hydrogens is 447 g/mol. The molecule has 0 saturated carbocycles. The molecular formula is C21H17BrClFN2O2. The first-order chi connectivity index (χ1) is 13.4. The fraction of sp³-hybridized carbons (Fsp3) is 0.143. The van der Waals surface area contributed by atoms with Crippen LogP contribution in [0.2, 0.25) is 5.02 Å². The maximum atomic E-state index is 14.7. The Bertz CT molecular complexity index is 1080. The van der Waals surface area contributed by atoms with Crippen LogP contribution in [-0.2, 0) is 7.05 Å². The summed E-state index contributed by atoms with van der Waals surface area (Å²) in [4.78, 5) is 11.6. The fourth-order valence-corrected chi connectivity index (χ4v) is 3.48. The van der Waals surface area contributed by atoms with Gasteiger partial charge in [0.15, 0.2) is 0 Å². The van der Waals surface area contributed by atoms with Crippen LogP contribution in [0.3, 0.4) is 0 Å². The second kappa shape index (κ2) is 8.71. The molecule has 2 aromatic carbocycles. The highest BCUT2D eigenvalue weighted by atomic mass is 79.9. The van der Waals surface area contributed by atoms with E-state index in [1.54, 1.807) is 31.4 Å². The SMILES string of the molecule is Cn1cc(C(CC(c2ccc(Br)cc2)c2ccc(Cl)cc2F)=NO)ccc1=O. The van der Waals surface area contributed by atoms with Gasteiger partial charge in [0.1, 0.15) is 5.82 Å². The van der Waals surface area contributed by atoms with Gasteiger partial charge in [0.25, 0.3) is 0 Å². The molecule has 4 nitrogen and oxygen atoms in total. The van der Waals surface area contributed by atoms with Gasteiger partial charge in [-0.15, -0.1) is 0 Å². The topological polar surface area (TPSA) is 54.6 Å². The molecule has 0 radical (unpaired) electrons. The summed E-state index contributed by atoms with van der Waals surface area (Å²) in [5.41, 5.74) is 2.06. The smallest absolute Gasteiger partial charge is 0.250 e. The van der Waals surface area contributed by atoms with Crippen LogP contribution in [0.5, 0.6) is 0 Å². The van der Waals surface area contributed by atoms with Gasteiger partial charge >= 0.3 is 0 Å². The van der Waals surface area contributed by atoms with Gasteiger partial charge in [0, 0.05) is 46.7 Å². The Morgan fingerprint density at radius 3 is 2.54 bits per heavy atom. The summed E-state index contributed by atoms with van der Waals surface area (Å²) in [5, 5.41) is 13.4. The Labute approximate surface area is 175 Å². The quantitative estimate of drug-likeness (QED) is 0.315. The molecule has 0 spiro atoms. The molecule has 144 valence electrons. The van der Waals surface area contributed by atoms with Crippen molar-refractivity contribution in [3.05, 3.63) is 103 Å². The van der Waals surface area contributed by atoms with Gasteiger partial charge < -0.3 is 9.77 Å². The lowest BCUT2D eigenvalue weighted by molar-refractivity contribution is 0.317.